The Morgan fingerprint density at radius 1 is 1.00 bits per heavy atom. The van der Waals surface area contributed by atoms with E-state index in [1.165, 1.54) is 0 Å². The van der Waals surface area contributed by atoms with Crippen molar-refractivity contribution in [1.82, 2.24) is 10.6 Å². The fourth-order valence-corrected chi connectivity index (χ4v) is 4.76. The van der Waals surface area contributed by atoms with Gasteiger partial charge in [-0.1, -0.05) is 48.5 Å². The second-order valence-electron chi connectivity index (χ2n) is 8.68. The number of carbonyl (C=O) groups excluding carboxylic acids is 2. The average Bonchev–Trinajstić information content (AvgIpc) is 3.39. The largest absolute Gasteiger partial charge is 0.481 e. The first-order chi connectivity index (χ1) is 15.9. The van der Waals surface area contributed by atoms with Gasteiger partial charge >= 0.3 is 12.1 Å². The summed E-state index contributed by atoms with van der Waals surface area (Å²) >= 11 is 0. The highest BCUT2D eigenvalue weighted by Gasteiger charge is 2.31. The molecule has 0 spiro atoms. The molecule has 174 valence electrons. The summed E-state index contributed by atoms with van der Waals surface area (Å²) in [6.45, 7) is 0.0510. The summed E-state index contributed by atoms with van der Waals surface area (Å²) in [7, 11) is 0. The number of rotatable bonds is 8. The number of fused-ring (bicyclic) bond motifs is 3. The second kappa shape index (κ2) is 10.0. The lowest BCUT2D eigenvalue weighted by atomic mass is 9.98. The summed E-state index contributed by atoms with van der Waals surface area (Å²) in [5.41, 5.74) is 4.50. The van der Waals surface area contributed by atoms with E-state index in [2.05, 4.69) is 22.8 Å². The van der Waals surface area contributed by atoms with Crippen LogP contribution in [0.1, 0.15) is 42.7 Å². The quantitative estimate of drug-likeness (QED) is 0.488. The van der Waals surface area contributed by atoms with Gasteiger partial charge in [-0.25, -0.2) is 4.79 Å². The van der Waals surface area contributed by atoms with Gasteiger partial charge in [-0.3, -0.25) is 9.59 Å². The highest BCUT2D eigenvalue weighted by Crippen LogP contribution is 2.44. The average molecular weight is 453 g/mol. The minimum absolute atomic E-state index is 0.0557. The van der Waals surface area contributed by atoms with Crippen LogP contribution in [0, 0.1) is 5.92 Å². The number of hydrogen-bond acceptors (Lipinski definition) is 5. The van der Waals surface area contributed by atoms with Crippen molar-refractivity contribution in [2.45, 2.75) is 43.7 Å². The van der Waals surface area contributed by atoms with Crippen LogP contribution < -0.4 is 10.6 Å². The van der Waals surface area contributed by atoms with Crippen LogP contribution in [0.3, 0.4) is 0 Å². The van der Waals surface area contributed by atoms with Gasteiger partial charge < -0.3 is 25.6 Å². The van der Waals surface area contributed by atoms with Gasteiger partial charge in [-0.2, -0.15) is 0 Å². The molecule has 0 heterocycles. The number of carboxylic acids is 1. The van der Waals surface area contributed by atoms with Gasteiger partial charge in [0, 0.05) is 18.5 Å². The monoisotopic (exact) mass is 452 g/mol. The van der Waals surface area contributed by atoms with Crippen LogP contribution in [0.25, 0.3) is 11.1 Å². The standard InChI is InChI=1S/C25H28N2O6/c28-17(12-23(29)27-16-10-9-15(11-16)24(30)31)13-26-25(32)33-14-22-20-7-3-1-5-18(20)19-6-2-4-8-21(19)22/h1-8,15-17,22,28H,9-14H2,(H,26,32)(H,27,29)(H,30,31)/t15-,16+,17?/m1/s1. The van der Waals surface area contributed by atoms with Crippen molar-refractivity contribution in [2.75, 3.05) is 13.2 Å². The third-order valence-electron chi connectivity index (χ3n) is 6.39. The first kappa shape index (κ1) is 22.8. The maximum atomic E-state index is 12.2. The van der Waals surface area contributed by atoms with E-state index in [0.717, 1.165) is 22.3 Å². The number of carboxylic acid groups (broad SMARTS) is 1. The molecular weight excluding hydrogens is 424 g/mol. The summed E-state index contributed by atoms with van der Waals surface area (Å²) < 4.78 is 5.42. The van der Waals surface area contributed by atoms with E-state index >= 15 is 0 Å². The lowest BCUT2D eigenvalue weighted by molar-refractivity contribution is -0.141. The lowest BCUT2D eigenvalue weighted by Crippen LogP contribution is -2.39. The highest BCUT2D eigenvalue weighted by molar-refractivity contribution is 5.79. The van der Waals surface area contributed by atoms with E-state index in [0.29, 0.717) is 19.3 Å². The summed E-state index contributed by atoms with van der Waals surface area (Å²) in [5.74, 6) is -1.71. The van der Waals surface area contributed by atoms with Gasteiger partial charge in [0.1, 0.15) is 6.61 Å². The molecule has 4 rings (SSSR count). The predicted octanol–water partition coefficient (Wildman–Crippen LogP) is 2.65. The maximum Gasteiger partial charge on any atom is 0.407 e. The van der Waals surface area contributed by atoms with Crippen LogP contribution in [0.5, 0.6) is 0 Å². The minimum atomic E-state index is -1.07. The summed E-state index contributed by atoms with van der Waals surface area (Å²) in [4.78, 5) is 35.3. The molecule has 0 aliphatic heterocycles. The molecule has 1 unspecified atom stereocenters. The van der Waals surface area contributed by atoms with Crippen molar-refractivity contribution >= 4 is 18.0 Å². The van der Waals surface area contributed by atoms with Gasteiger partial charge in [-0.05, 0) is 41.5 Å². The van der Waals surface area contributed by atoms with Crippen molar-refractivity contribution < 1.29 is 29.3 Å². The molecule has 2 aliphatic carbocycles. The van der Waals surface area contributed by atoms with Crippen LogP contribution in [-0.2, 0) is 14.3 Å². The molecular formula is C25H28N2O6. The molecule has 0 bridgehead atoms. The van der Waals surface area contributed by atoms with Crippen LogP contribution >= 0.6 is 0 Å². The Bertz CT molecular complexity index is 994. The third-order valence-corrected chi connectivity index (χ3v) is 6.39. The topological polar surface area (TPSA) is 125 Å². The number of benzene rings is 2. The van der Waals surface area contributed by atoms with Crippen molar-refractivity contribution in [3.63, 3.8) is 0 Å². The minimum Gasteiger partial charge on any atom is -0.481 e. The molecule has 2 aromatic carbocycles. The molecule has 0 radical (unpaired) electrons. The second-order valence-corrected chi connectivity index (χ2v) is 8.68. The van der Waals surface area contributed by atoms with E-state index < -0.39 is 24.1 Å². The van der Waals surface area contributed by atoms with Gasteiger partial charge in [0.05, 0.1) is 18.4 Å². The van der Waals surface area contributed by atoms with E-state index in [1.54, 1.807) is 0 Å². The Labute approximate surface area is 192 Å². The van der Waals surface area contributed by atoms with E-state index in [4.69, 9.17) is 9.84 Å². The number of aliphatic hydroxyl groups is 1. The Morgan fingerprint density at radius 2 is 1.64 bits per heavy atom. The van der Waals surface area contributed by atoms with Gasteiger partial charge in [0.15, 0.2) is 0 Å². The molecule has 1 saturated carbocycles. The van der Waals surface area contributed by atoms with E-state index in [-0.39, 0.29) is 37.4 Å². The molecule has 2 amide bonds. The predicted molar refractivity (Wildman–Crippen MR) is 121 cm³/mol. The number of amides is 2. The van der Waals surface area contributed by atoms with Crippen LogP contribution in [0.4, 0.5) is 4.79 Å². The normalized spacial score (nSPS) is 19.9. The van der Waals surface area contributed by atoms with Crippen LogP contribution in [-0.4, -0.2) is 53.5 Å². The van der Waals surface area contributed by atoms with E-state index in [1.807, 2.05) is 36.4 Å². The number of aliphatic hydroxyl groups excluding tert-OH is 1. The summed E-state index contributed by atoms with van der Waals surface area (Å²) in [5, 5.41) is 24.4. The zero-order valence-electron chi connectivity index (χ0n) is 18.2. The Balaban J connectivity index is 1.21. The first-order valence-corrected chi connectivity index (χ1v) is 11.2. The lowest BCUT2D eigenvalue weighted by Gasteiger charge is -2.17. The smallest absolute Gasteiger partial charge is 0.407 e. The molecule has 2 aromatic rings. The van der Waals surface area contributed by atoms with Crippen LogP contribution in [0.2, 0.25) is 0 Å². The first-order valence-electron chi connectivity index (χ1n) is 11.2. The molecule has 1 fully saturated rings. The molecule has 3 atom stereocenters. The van der Waals surface area contributed by atoms with E-state index in [9.17, 15) is 19.5 Å². The Kier molecular flexibility index (Phi) is 6.93. The van der Waals surface area contributed by atoms with Crippen molar-refractivity contribution in [2.24, 2.45) is 5.92 Å². The maximum absolute atomic E-state index is 12.2. The number of ether oxygens (including phenoxy) is 1. The zero-order chi connectivity index (χ0) is 23.4. The van der Waals surface area contributed by atoms with Crippen molar-refractivity contribution in [1.29, 1.82) is 0 Å². The SMILES string of the molecule is O=C(CC(O)CNC(=O)OCC1c2ccccc2-c2ccccc21)N[C@H]1CC[C@@H](C(=O)O)C1. The fourth-order valence-electron chi connectivity index (χ4n) is 4.76. The number of nitrogens with one attached hydrogen (secondary N) is 2. The molecule has 8 nitrogen and oxygen atoms in total. The molecule has 33 heavy (non-hydrogen) atoms. The Morgan fingerprint density at radius 3 is 2.24 bits per heavy atom. The van der Waals surface area contributed by atoms with Crippen molar-refractivity contribution in [3.8, 4) is 11.1 Å². The molecule has 2 aliphatic rings. The Hall–Kier alpha value is -3.39. The molecule has 0 saturated heterocycles. The fraction of sp³-hybridized carbons (Fsp3) is 0.400. The van der Waals surface area contributed by atoms with Gasteiger partial charge in [0.2, 0.25) is 5.91 Å². The number of aliphatic carboxylic acids is 1. The van der Waals surface area contributed by atoms with Gasteiger partial charge in [0.25, 0.3) is 0 Å². The summed E-state index contributed by atoms with van der Waals surface area (Å²) in [6.07, 6.45) is -0.366. The number of carbonyl (C=O) groups is 3. The summed E-state index contributed by atoms with van der Waals surface area (Å²) in [6, 6.07) is 15.9. The van der Waals surface area contributed by atoms with Crippen molar-refractivity contribution in [3.05, 3.63) is 59.7 Å². The number of alkyl carbamates (subject to hydrolysis) is 1. The molecule has 8 heteroatoms. The van der Waals surface area contributed by atoms with Crippen LogP contribution in [0.15, 0.2) is 48.5 Å². The molecule has 0 aromatic heterocycles. The van der Waals surface area contributed by atoms with Gasteiger partial charge in [-0.15, -0.1) is 0 Å². The highest BCUT2D eigenvalue weighted by atomic mass is 16.5. The number of hydrogen-bond donors (Lipinski definition) is 4. The molecule has 4 N–H and O–H groups in total. The zero-order valence-corrected chi connectivity index (χ0v) is 18.2. The third kappa shape index (κ3) is 5.34.